The molecule has 2 aromatic heterocycles. The molecule has 2 unspecified atom stereocenters. The van der Waals surface area contributed by atoms with Crippen LogP contribution in [0.2, 0.25) is 0 Å². The van der Waals surface area contributed by atoms with E-state index in [9.17, 15) is 18.6 Å². The highest BCUT2D eigenvalue weighted by Crippen LogP contribution is 2.66. The summed E-state index contributed by atoms with van der Waals surface area (Å²) in [6.45, 7) is 2.06. The average Bonchev–Trinajstić information content (AvgIpc) is 3.05. The lowest BCUT2D eigenvalue weighted by molar-refractivity contribution is 0.169. The van der Waals surface area contributed by atoms with Crippen molar-refractivity contribution in [2.45, 2.75) is 45.6 Å². The van der Waals surface area contributed by atoms with Crippen molar-refractivity contribution < 1.29 is 46.4 Å². The number of nitrogen functional groups attached to an aromatic ring is 1. The molecule has 18 N–H and O–H groups in total. The number of phosphoric acid groups is 3. The second kappa shape index (κ2) is 16.9. The van der Waals surface area contributed by atoms with Crippen molar-refractivity contribution in [3.05, 3.63) is 12.2 Å². The van der Waals surface area contributed by atoms with Crippen LogP contribution in [-0.2, 0) is 33.4 Å². The molecule has 0 radical (unpaired) electrons. The summed E-state index contributed by atoms with van der Waals surface area (Å²) < 4.78 is 47.0. The topological polar surface area (TPSA) is 369 Å². The largest absolute Gasteiger partial charge is 0.490 e. The summed E-state index contributed by atoms with van der Waals surface area (Å²) in [6.07, 6.45) is 4.81. The van der Waals surface area contributed by atoms with Crippen molar-refractivity contribution in [2.75, 3.05) is 12.3 Å². The van der Waals surface area contributed by atoms with Gasteiger partial charge in [-0.05, 0) is 25.2 Å². The van der Waals surface area contributed by atoms with Crippen LogP contribution in [0.4, 0.5) is 5.82 Å². The maximum Gasteiger partial charge on any atom is 0.490 e. The number of hydrogen-bond acceptors (Lipinski definition) is 14. The van der Waals surface area contributed by atoms with Gasteiger partial charge in [0.25, 0.3) is 0 Å². The number of aromatic nitrogens is 4. The summed E-state index contributed by atoms with van der Waals surface area (Å²) in [6, 6.07) is 0. The van der Waals surface area contributed by atoms with Crippen molar-refractivity contribution in [1.82, 2.24) is 44.1 Å². The molecule has 2 aromatic rings. The molecule has 0 aliphatic rings. The van der Waals surface area contributed by atoms with E-state index in [1.165, 1.54) is 6.33 Å². The molecule has 0 saturated heterocycles. The predicted molar refractivity (Wildman–Crippen MR) is 135 cm³/mol. The Labute approximate surface area is 213 Å². The van der Waals surface area contributed by atoms with Gasteiger partial charge in [0.2, 0.25) is 5.82 Å². The standard InChI is InChI=1S/C15H24N5O10P3.4H3N/c1-2-3-4-5-8-12-18-14(16)13-15(19-12)20(11-17-13)9-6-7-10-28-32(24,25)30-33(26,27)29-31(21,22)23;;;;/h11H,2-4,6-7,9-10H2,1H3,(H,24,25)(H,26,27)(H2,16,18,19)(H2,21,22,23);4*1H3. The summed E-state index contributed by atoms with van der Waals surface area (Å²) in [5, 5.41) is 0. The van der Waals surface area contributed by atoms with Crippen LogP contribution >= 0.6 is 23.5 Å². The zero-order valence-electron chi connectivity index (χ0n) is 20.3. The van der Waals surface area contributed by atoms with Gasteiger partial charge >= 0.3 is 23.5 Å². The van der Waals surface area contributed by atoms with Gasteiger partial charge in [-0.3, -0.25) is 4.52 Å². The van der Waals surface area contributed by atoms with Crippen LogP contribution in [0, 0.1) is 11.8 Å². The van der Waals surface area contributed by atoms with Crippen LogP contribution in [0.15, 0.2) is 6.33 Å². The van der Waals surface area contributed by atoms with Gasteiger partial charge in [-0.15, -0.1) is 0 Å². The van der Waals surface area contributed by atoms with Crippen molar-refractivity contribution in [1.29, 1.82) is 0 Å². The predicted octanol–water partition coefficient (Wildman–Crippen LogP) is 2.72. The summed E-state index contributed by atoms with van der Waals surface area (Å²) in [4.78, 5) is 48.2. The maximum atomic E-state index is 11.7. The molecule has 22 heteroatoms. The van der Waals surface area contributed by atoms with E-state index in [4.69, 9.17) is 20.4 Å². The Bertz CT molecular complexity index is 1180. The van der Waals surface area contributed by atoms with Crippen LogP contribution in [-0.4, -0.2) is 45.7 Å². The quantitative estimate of drug-likeness (QED) is 0.0966. The number of aryl methyl sites for hydroxylation is 1. The first kappa shape index (κ1) is 39.7. The van der Waals surface area contributed by atoms with Gasteiger partial charge in [-0.1, -0.05) is 19.3 Å². The number of anilines is 1. The van der Waals surface area contributed by atoms with Crippen molar-refractivity contribution in [2.24, 2.45) is 0 Å². The first-order chi connectivity index (χ1) is 15.3. The minimum Gasteiger partial charge on any atom is -0.382 e. The van der Waals surface area contributed by atoms with E-state index >= 15 is 0 Å². The van der Waals surface area contributed by atoms with Crippen LogP contribution in [0.1, 0.15) is 44.9 Å². The molecule has 0 spiro atoms. The molecule has 0 saturated carbocycles. The first-order valence-electron chi connectivity index (χ1n) is 9.57. The SMILES string of the molecule is CCCCC#Cc1nc(N)c2ncn(CCCCOP(=O)(O)OP(=O)(O)OP(=O)(O)O)c2n1.N.N.N.N. The molecule has 0 aliphatic carbocycles. The molecule has 216 valence electrons. The van der Waals surface area contributed by atoms with Gasteiger partial charge in [-0.2, -0.15) is 8.62 Å². The van der Waals surface area contributed by atoms with Crippen molar-refractivity contribution >= 4 is 40.4 Å². The zero-order valence-corrected chi connectivity index (χ0v) is 23.0. The van der Waals surface area contributed by atoms with Gasteiger partial charge in [0.15, 0.2) is 11.5 Å². The molecule has 0 fully saturated rings. The van der Waals surface area contributed by atoms with E-state index in [0.717, 1.165) is 12.8 Å². The third-order valence-corrected chi connectivity index (χ3v) is 7.65. The molecule has 2 rings (SSSR count). The molecule has 19 nitrogen and oxygen atoms in total. The van der Waals surface area contributed by atoms with E-state index < -0.39 is 23.5 Å². The molecule has 0 bridgehead atoms. The van der Waals surface area contributed by atoms with Crippen LogP contribution in [0.3, 0.4) is 0 Å². The number of rotatable bonds is 12. The lowest BCUT2D eigenvalue weighted by atomic mass is 10.2. The highest BCUT2D eigenvalue weighted by atomic mass is 31.3. The Kier molecular flexibility index (Phi) is 18.1. The number of fused-ring (bicyclic) bond motifs is 1. The van der Waals surface area contributed by atoms with Crippen molar-refractivity contribution in [3.8, 4) is 11.8 Å². The van der Waals surface area contributed by atoms with Crippen LogP contribution < -0.4 is 30.3 Å². The summed E-state index contributed by atoms with van der Waals surface area (Å²) >= 11 is 0. The fraction of sp³-hybridized carbons (Fsp3) is 0.533. The van der Waals surface area contributed by atoms with E-state index in [0.29, 0.717) is 30.6 Å². The van der Waals surface area contributed by atoms with Crippen molar-refractivity contribution in [3.63, 3.8) is 0 Å². The van der Waals surface area contributed by atoms with E-state index in [1.807, 2.05) is 0 Å². The second-order valence-electron chi connectivity index (χ2n) is 6.58. The van der Waals surface area contributed by atoms with Crippen LogP contribution in [0.5, 0.6) is 0 Å². The van der Waals surface area contributed by atoms with E-state index in [-0.39, 0.29) is 49.3 Å². The molecule has 0 amide bonds. The number of phosphoric ester groups is 1. The monoisotopic (exact) mass is 595 g/mol. The van der Waals surface area contributed by atoms with Crippen LogP contribution in [0.25, 0.3) is 11.2 Å². The molecular weight excluding hydrogens is 559 g/mol. The highest BCUT2D eigenvalue weighted by molar-refractivity contribution is 7.66. The average molecular weight is 595 g/mol. The zero-order chi connectivity index (χ0) is 24.7. The van der Waals surface area contributed by atoms with E-state index in [2.05, 4.69) is 46.9 Å². The number of unbranched alkanes of at least 4 members (excludes halogenated alkanes) is 3. The Morgan fingerprint density at radius 3 is 2.22 bits per heavy atom. The van der Waals surface area contributed by atoms with Gasteiger partial charge in [-0.25, -0.2) is 28.6 Å². The Morgan fingerprint density at radius 1 is 0.973 bits per heavy atom. The molecule has 0 aromatic carbocycles. The second-order valence-corrected chi connectivity index (χ2v) is 11.0. The number of nitrogens with zero attached hydrogens (tertiary/aromatic N) is 4. The normalized spacial score (nSPS) is 13.9. The minimum absolute atomic E-state index is 0. The Morgan fingerprint density at radius 2 is 1.62 bits per heavy atom. The van der Waals surface area contributed by atoms with E-state index in [1.54, 1.807) is 4.57 Å². The highest BCUT2D eigenvalue weighted by Gasteiger charge is 2.40. The summed E-state index contributed by atoms with van der Waals surface area (Å²) in [5.74, 6) is 6.30. The number of hydrogen-bond donors (Lipinski definition) is 9. The lowest BCUT2D eigenvalue weighted by Crippen LogP contribution is -2.03. The number of imidazole rings is 1. The smallest absolute Gasteiger partial charge is 0.382 e. The molecule has 0 aliphatic heterocycles. The van der Waals surface area contributed by atoms with Gasteiger partial charge in [0.05, 0.1) is 12.9 Å². The molecule has 2 heterocycles. The van der Waals surface area contributed by atoms with Gasteiger partial charge in [0, 0.05) is 13.0 Å². The van der Waals surface area contributed by atoms with Gasteiger partial charge in [0.1, 0.15) is 5.52 Å². The first-order valence-corrected chi connectivity index (χ1v) is 14.1. The summed E-state index contributed by atoms with van der Waals surface area (Å²) in [7, 11) is -16.1. The fourth-order valence-corrected chi connectivity index (χ4v) is 5.51. The minimum atomic E-state index is -5.53. The number of nitrogens with two attached hydrogens (primary N) is 1. The molecule has 37 heavy (non-hydrogen) atoms. The molecule has 2 atom stereocenters. The fourth-order valence-electron chi connectivity index (χ4n) is 2.46. The lowest BCUT2D eigenvalue weighted by Gasteiger charge is -2.16. The maximum absolute atomic E-state index is 11.7. The summed E-state index contributed by atoms with van der Waals surface area (Å²) in [5.41, 5.74) is 6.80. The Balaban J connectivity index is -0.00000289. The third kappa shape index (κ3) is 14.0. The van der Waals surface area contributed by atoms with Gasteiger partial charge < -0.3 is 54.5 Å². The Hall–Kier alpha value is -1.84. The molecular formula is C15H36N9O10P3. The third-order valence-electron chi connectivity index (χ3n) is 3.81.